The van der Waals surface area contributed by atoms with Gasteiger partial charge in [-0.15, -0.1) is 0 Å². The van der Waals surface area contributed by atoms with E-state index in [9.17, 15) is 20.5 Å². The van der Waals surface area contributed by atoms with E-state index < -0.39 is 4.92 Å². The summed E-state index contributed by atoms with van der Waals surface area (Å²) in [5.74, 6) is 0.223. The summed E-state index contributed by atoms with van der Waals surface area (Å²) < 4.78 is 5.60. The van der Waals surface area contributed by atoms with Crippen LogP contribution < -0.4 is 4.74 Å². The Labute approximate surface area is 140 Å². The Morgan fingerprint density at radius 1 is 1.43 bits per heavy atom. The van der Waals surface area contributed by atoms with Crippen LogP contribution >= 0.6 is 15.9 Å². The van der Waals surface area contributed by atoms with Crippen molar-refractivity contribution in [3.05, 3.63) is 62.1 Å². The zero-order chi connectivity index (χ0) is 17.0. The zero-order valence-electron chi connectivity index (χ0n) is 12.0. The number of methoxy groups -OCH3 is 1. The molecule has 0 aliphatic heterocycles. The lowest BCUT2D eigenvalue weighted by Crippen LogP contribution is -1.90. The number of benzene rings is 2. The van der Waals surface area contributed by atoms with Crippen molar-refractivity contribution < 1.29 is 14.8 Å². The first-order chi connectivity index (χ1) is 11.0. The molecular formula is C16H11BrN2O4. The molecule has 0 unspecified atom stereocenters. The van der Waals surface area contributed by atoms with Crippen molar-refractivity contribution in [1.29, 1.82) is 5.26 Å². The summed E-state index contributed by atoms with van der Waals surface area (Å²) in [6, 6.07) is 10.9. The monoisotopic (exact) mass is 374 g/mol. The molecule has 2 aromatic rings. The smallest absolute Gasteiger partial charge is 0.270 e. The number of non-ortho nitro benzene ring substituents is 1. The van der Waals surface area contributed by atoms with Gasteiger partial charge in [0.1, 0.15) is 0 Å². The van der Waals surface area contributed by atoms with Crippen molar-refractivity contribution in [1.82, 2.24) is 0 Å². The Morgan fingerprint density at radius 3 is 2.78 bits per heavy atom. The van der Waals surface area contributed by atoms with Gasteiger partial charge >= 0.3 is 0 Å². The molecule has 6 nitrogen and oxygen atoms in total. The fourth-order valence-corrected chi connectivity index (χ4v) is 2.40. The van der Waals surface area contributed by atoms with Gasteiger partial charge in [-0.25, -0.2) is 0 Å². The molecule has 0 saturated carbocycles. The third-order valence-corrected chi connectivity index (χ3v) is 3.77. The summed E-state index contributed by atoms with van der Waals surface area (Å²) in [7, 11) is 1.42. The first kappa shape index (κ1) is 16.5. The molecule has 0 heterocycles. The number of phenolic OH excluding ortho intramolecular Hbond substituents is 1. The van der Waals surface area contributed by atoms with Gasteiger partial charge in [-0.1, -0.05) is 28.1 Å². The van der Waals surface area contributed by atoms with E-state index >= 15 is 0 Å². The average molecular weight is 375 g/mol. The second-order valence-electron chi connectivity index (χ2n) is 4.52. The molecule has 0 saturated heterocycles. The summed E-state index contributed by atoms with van der Waals surface area (Å²) in [5, 5.41) is 29.9. The fraction of sp³-hybridized carbons (Fsp3) is 0.0625. The standard InChI is InChI=1S/C16H11BrN2O4/c1-23-16-7-11(14(17)8-15(16)20)5-12(9-18)10-3-2-4-13(6-10)19(21)22/h2-8,20H,1H3. The molecule has 0 fully saturated rings. The van der Waals surface area contributed by atoms with E-state index in [4.69, 9.17) is 4.74 Å². The molecule has 0 bridgehead atoms. The predicted octanol–water partition coefficient (Wildman–Crippen LogP) is 4.14. The number of phenols is 1. The highest BCUT2D eigenvalue weighted by molar-refractivity contribution is 9.10. The largest absolute Gasteiger partial charge is 0.504 e. The first-order valence-electron chi connectivity index (χ1n) is 6.39. The lowest BCUT2D eigenvalue weighted by atomic mass is 10.0. The van der Waals surface area contributed by atoms with Gasteiger partial charge in [0, 0.05) is 16.6 Å². The second-order valence-corrected chi connectivity index (χ2v) is 5.38. The minimum absolute atomic E-state index is 0.0367. The minimum Gasteiger partial charge on any atom is -0.504 e. The number of hydrogen-bond acceptors (Lipinski definition) is 5. The van der Waals surface area contributed by atoms with Gasteiger partial charge in [0.05, 0.1) is 23.7 Å². The van der Waals surface area contributed by atoms with Crippen molar-refractivity contribution in [3.8, 4) is 17.6 Å². The quantitative estimate of drug-likeness (QED) is 0.375. The molecule has 7 heteroatoms. The molecule has 0 amide bonds. The number of halogens is 1. The molecular weight excluding hydrogens is 364 g/mol. The van der Waals surface area contributed by atoms with E-state index in [-0.39, 0.29) is 22.8 Å². The van der Waals surface area contributed by atoms with Gasteiger partial charge in [0.25, 0.3) is 5.69 Å². The van der Waals surface area contributed by atoms with Crippen LogP contribution in [0, 0.1) is 21.4 Å². The Morgan fingerprint density at radius 2 is 2.17 bits per heavy atom. The lowest BCUT2D eigenvalue weighted by Gasteiger charge is -2.07. The Kier molecular flexibility index (Phi) is 4.98. The van der Waals surface area contributed by atoms with Crippen LogP contribution in [0.4, 0.5) is 5.69 Å². The Hall–Kier alpha value is -2.85. The van der Waals surface area contributed by atoms with Crippen molar-refractivity contribution in [3.63, 3.8) is 0 Å². The zero-order valence-corrected chi connectivity index (χ0v) is 13.6. The van der Waals surface area contributed by atoms with Crippen LogP contribution in [0.2, 0.25) is 0 Å². The lowest BCUT2D eigenvalue weighted by molar-refractivity contribution is -0.384. The molecule has 0 atom stereocenters. The van der Waals surface area contributed by atoms with Gasteiger partial charge in [-0.2, -0.15) is 5.26 Å². The van der Waals surface area contributed by atoms with Crippen LogP contribution in [-0.2, 0) is 0 Å². The maximum absolute atomic E-state index is 10.8. The minimum atomic E-state index is -0.516. The highest BCUT2D eigenvalue weighted by Crippen LogP contribution is 2.34. The van der Waals surface area contributed by atoms with E-state index in [0.29, 0.717) is 15.6 Å². The van der Waals surface area contributed by atoms with E-state index in [1.54, 1.807) is 18.2 Å². The summed E-state index contributed by atoms with van der Waals surface area (Å²) in [6.07, 6.45) is 1.56. The Balaban J connectivity index is 2.54. The molecule has 0 radical (unpaired) electrons. The summed E-state index contributed by atoms with van der Waals surface area (Å²) >= 11 is 3.30. The average Bonchev–Trinajstić information content (AvgIpc) is 2.54. The number of nitro groups is 1. The van der Waals surface area contributed by atoms with E-state index in [0.717, 1.165) is 0 Å². The fourth-order valence-electron chi connectivity index (χ4n) is 1.96. The number of nitro benzene ring substituents is 1. The third kappa shape index (κ3) is 3.67. The number of rotatable bonds is 4. The predicted molar refractivity (Wildman–Crippen MR) is 88.9 cm³/mol. The van der Waals surface area contributed by atoms with Crippen LogP contribution in [0.25, 0.3) is 11.6 Å². The van der Waals surface area contributed by atoms with Gasteiger partial charge < -0.3 is 9.84 Å². The van der Waals surface area contributed by atoms with Crippen LogP contribution in [0.1, 0.15) is 11.1 Å². The summed E-state index contributed by atoms with van der Waals surface area (Å²) in [6.45, 7) is 0. The highest BCUT2D eigenvalue weighted by atomic mass is 79.9. The summed E-state index contributed by atoms with van der Waals surface area (Å²) in [4.78, 5) is 10.3. The maximum atomic E-state index is 10.8. The number of nitriles is 1. The van der Waals surface area contributed by atoms with E-state index in [1.807, 2.05) is 6.07 Å². The van der Waals surface area contributed by atoms with Crippen LogP contribution in [0.5, 0.6) is 11.5 Å². The van der Waals surface area contributed by atoms with Crippen molar-refractivity contribution in [2.45, 2.75) is 0 Å². The molecule has 23 heavy (non-hydrogen) atoms. The van der Waals surface area contributed by atoms with Crippen LogP contribution in [0.15, 0.2) is 40.9 Å². The molecule has 0 spiro atoms. The SMILES string of the molecule is COc1cc(C=C(C#N)c2cccc([N+](=O)[O-])c2)c(Br)cc1O. The van der Waals surface area contributed by atoms with Gasteiger partial charge in [-0.05, 0) is 29.3 Å². The number of hydrogen-bond donors (Lipinski definition) is 1. The molecule has 0 aliphatic rings. The molecule has 116 valence electrons. The van der Waals surface area contributed by atoms with Crippen molar-refractivity contribution >= 4 is 33.3 Å². The van der Waals surface area contributed by atoms with Gasteiger partial charge in [0.2, 0.25) is 0 Å². The second kappa shape index (κ2) is 6.94. The van der Waals surface area contributed by atoms with Crippen LogP contribution in [0.3, 0.4) is 0 Å². The third-order valence-electron chi connectivity index (χ3n) is 3.09. The number of aromatic hydroxyl groups is 1. The maximum Gasteiger partial charge on any atom is 0.270 e. The molecule has 0 aromatic heterocycles. The molecule has 0 aliphatic carbocycles. The van der Waals surface area contributed by atoms with E-state index in [1.165, 1.54) is 31.4 Å². The Bertz CT molecular complexity index is 840. The molecule has 2 aromatic carbocycles. The topological polar surface area (TPSA) is 96.4 Å². The van der Waals surface area contributed by atoms with E-state index in [2.05, 4.69) is 15.9 Å². The van der Waals surface area contributed by atoms with Crippen molar-refractivity contribution in [2.24, 2.45) is 0 Å². The van der Waals surface area contributed by atoms with Gasteiger partial charge in [0.15, 0.2) is 11.5 Å². The number of allylic oxidation sites excluding steroid dienone is 1. The summed E-state index contributed by atoms with van der Waals surface area (Å²) in [5.41, 5.74) is 1.19. The molecule has 2 rings (SSSR count). The normalized spacial score (nSPS) is 10.9. The van der Waals surface area contributed by atoms with Crippen LogP contribution in [-0.4, -0.2) is 17.1 Å². The highest BCUT2D eigenvalue weighted by Gasteiger charge is 2.11. The number of nitrogens with zero attached hydrogens (tertiary/aromatic N) is 2. The van der Waals surface area contributed by atoms with Crippen molar-refractivity contribution in [2.75, 3.05) is 7.11 Å². The van der Waals surface area contributed by atoms with Gasteiger partial charge in [-0.3, -0.25) is 10.1 Å². The molecule has 1 N–H and O–H groups in total. The number of ether oxygens (including phenoxy) is 1. The first-order valence-corrected chi connectivity index (χ1v) is 7.18.